The monoisotopic (exact) mass is 436 g/mol. The number of benzene rings is 2. The van der Waals surface area contributed by atoms with E-state index in [1.165, 1.54) is 6.42 Å². The third-order valence-corrected chi connectivity index (χ3v) is 6.73. The Morgan fingerprint density at radius 3 is 2.25 bits per heavy atom. The fourth-order valence-corrected chi connectivity index (χ4v) is 4.89. The van der Waals surface area contributed by atoms with Gasteiger partial charge >= 0.3 is 0 Å². The minimum Gasteiger partial charge on any atom is -0.497 e. The van der Waals surface area contributed by atoms with Crippen molar-refractivity contribution in [3.8, 4) is 11.5 Å². The van der Waals surface area contributed by atoms with Gasteiger partial charge in [0.15, 0.2) is 0 Å². The third kappa shape index (κ3) is 4.45. The Morgan fingerprint density at radius 2 is 1.59 bits per heavy atom. The van der Waals surface area contributed by atoms with E-state index in [0.717, 1.165) is 42.8 Å². The molecule has 2 amide bonds. The number of carbonyl (C=O) groups excluding carboxylic acids is 2. The summed E-state index contributed by atoms with van der Waals surface area (Å²) in [4.78, 5) is 30.7. The van der Waals surface area contributed by atoms with Crippen molar-refractivity contribution in [3.05, 3.63) is 59.2 Å². The van der Waals surface area contributed by atoms with Gasteiger partial charge in [0.25, 0.3) is 5.91 Å². The van der Waals surface area contributed by atoms with E-state index >= 15 is 0 Å². The number of hydrogen-bond donors (Lipinski definition) is 0. The summed E-state index contributed by atoms with van der Waals surface area (Å²) in [6.07, 6.45) is 3.24. The van der Waals surface area contributed by atoms with Crippen molar-refractivity contribution in [2.75, 3.05) is 40.4 Å². The number of hydrogen-bond acceptors (Lipinski definition) is 4. The highest BCUT2D eigenvalue weighted by Gasteiger charge is 2.43. The van der Waals surface area contributed by atoms with E-state index in [9.17, 15) is 9.59 Å². The number of ether oxygens (including phenoxy) is 2. The van der Waals surface area contributed by atoms with Gasteiger partial charge in [-0.25, -0.2) is 0 Å². The molecule has 6 nitrogen and oxygen atoms in total. The van der Waals surface area contributed by atoms with Crippen molar-refractivity contribution in [3.63, 3.8) is 0 Å². The second-order valence-corrected chi connectivity index (χ2v) is 8.78. The molecule has 0 aromatic heterocycles. The van der Waals surface area contributed by atoms with Crippen LogP contribution in [0.15, 0.2) is 42.5 Å². The van der Waals surface area contributed by atoms with E-state index in [-0.39, 0.29) is 23.7 Å². The van der Waals surface area contributed by atoms with Crippen molar-refractivity contribution >= 4 is 11.8 Å². The van der Waals surface area contributed by atoms with Crippen LogP contribution < -0.4 is 9.47 Å². The third-order valence-electron chi connectivity index (χ3n) is 6.73. The molecule has 0 spiro atoms. The van der Waals surface area contributed by atoms with Crippen molar-refractivity contribution in [1.82, 2.24) is 9.80 Å². The summed E-state index contributed by atoms with van der Waals surface area (Å²) in [7, 11) is 3.26. The molecule has 0 N–H and O–H groups in total. The predicted octanol–water partition coefficient (Wildman–Crippen LogP) is 3.88. The molecule has 0 aliphatic carbocycles. The second-order valence-electron chi connectivity index (χ2n) is 8.78. The van der Waals surface area contributed by atoms with E-state index in [4.69, 9.17) is 9.47 Å². The van der Waals surface area contributed by atoms with E-state index in [1.807, 2.05) is 59.2 Å². The van der Waals surface area contributed by atoms with E-state index in [1.54, 1.807) is 14.2 Å². The number of nitrogens with zero attached hydrogens (tertiary/aromatic N) is 2. The lowest BCUT2D eigenvalue weighted by Crippen LogP contribution is -2.42. The van der Waals surface area contributed by atoms with Gasteiger partial charge in [0.05, 0.1) is 20.1 Å². The largest absolute Gasteiger partial charge is 0.497 e. The molecule has 2 aliphatic rings. The van der Waals surface area contributed by atoms with Crippen LogP contribution in [0.3, 0.4) is 0 Å². The average molecular weight is 437 g/mol. The van der Waals surface area contributed by atoms with Gasteiger partial charge < -0.3 is 19.3 Å². The molecule has 170 valence electrons. The lowest BCUT2D eigenvalue weighted by molar-refractivity contribution is -0.136. The van der Waals surface area contributed by atoms with Gasteiger partial charge in [0, 0.05) is 43.2 Å². The fourth-order valence-electron chi connectivity index (χ4n) is 4.89. The molecule has 0 saturated carbocycles. The maximum absolute atomic E-state index is 13.6. The topological polar surface area (TPSA) is 59.1 Å². The van der Waals surface area contributed by atoms with Crippen molar-refractivity contribution in [2.45, 2.75) is 32.1 Å². The van der Waals surface area contributed by atoms with Crippen molar-refractivity contribution < 1.29 is 19.1 Å². The van der Waals surface area contributed by atoms with Crippen LogP contribution in [-0.4, -0.2) is 62.0 Å². The number of rotatable bonds is 5. The van der Waals surface area contributed by atoms with Gasteiger partial charge in [-0.05, 0) is 56.5 Å². The van der Waals surface area contributed by atoms with Crippen LogP contribution in [0, 0.1) is 12.8 Å². The molecule has 2 aromatic carbocycles. The molecule has 2 heterocycles. The van der Waals surface area contributed by atoms with Crippen LogP contribution >= 0.6 is 0 Å². The average Bonchev–Trinajstić information content (AvgIpc) is 3.29. The van der Waals surface area contributed by atoms with Crippen LogP contribution in [0.4, 0.5) is 0 Å². The molecular weight excluding hydrogens is 404 g/mol. The van der Waals surface area contributed by atoms with E-state index in [2.05, 4.69) is 0 Å². The van der Waals surface area contributed by atoms with Gasteiger partial charge in [0.2, 0.25) is 5.91 Å². The number of methoxy groups -OCH3 is 2. The molecule has 0 radical (unpaired) electrons. The standard InChI is InChI=1S/C26H32N2O4/c1-18-7-9-19(10-8-18)25(29)28-16-22(21-15-20(31-2)11-12-24(21)32-3)23(17-28)26(30)27-13-5-4-6-14-27/h7-12,15,22-23H,4-6,13-14,16-17H2,1-3H3. The van der Waals surface area contributed by atoms with Gasteiger partial charge in [-0.15, -0.1) is 0 Å². The fraction of sp³-hybridized carbons (Fsp3) is 0.462. The molecule has 2 atom stereocenters. The van der Waals surface area contributed by atoms with Gasteiger partial charge in [-0.3, -0.25) is 9.59 Å². The Bertz CT molecular complexity index is 966. The molecule has 2 fully saturated rings. The second kappa shape index (κ2) is 9.63. The molecule has 32 heavy (non-hydrogen) atoms. The maximum Gasteiger partial charge on any atom is 0.253 e. The lowest BCUT2D eigenvalue weighted by Gasteiger charge is -2.31. The molecule has 2 saturated heterocycles. The Kier molecular flexibility index (Phi) is 6.68. The molecule has 2 aromatic rings. The minimum absolute atomic E-state index is 0.0363. The lowest BCUT2D eigenvalue weighted by atomic mass is 9.86. The maximum atomic E-state index is 13.6. The number of likely N-dealkylation sites (tertiary alicyclic amines) is 2. The summed E-state index contributed by atoms with van der Waals surface area (Å²) in [5.74, 6) is 1.09. The van der Waals surface area contributed by atoms with Crippen LogP contribution in [0.1, 0.15) is 46.7 Å². The van der Waals surface area contributed by atoms with Gasteiger partial charge in [-0.2, -0.15) is 0 Å². The highest BCUT2D eigenvalue weighted by Crippen LogP contribution is 2.41. The molecular formula is C26H32N2O4. The highest BCUT2D eigenvalue weighted by atomic mass is 16.5. The number of piperidine rings is 1. The van der Waals surface area contributed by atoms with Gasteiger partial charge in [-0.1, -0.05) is 17.7 Å². The summed E-state index contributed by atoms with van der Waals surface area (Å²) in [5, 5.41) is 0. The first-order valence-corrected chi connectivity index (χ1v) is 11.4. The summed E-state index contributed by atoms with van der Waals surface area (Å²) >= 11 is 0. The van der Waals surface area contributed by atoms with Crippen molar-refractivity contribution in [1.29, 1.82) is 0 Å². The smallest absolute Gasteiger partial charge is 0.253 e. The minimum atomic E-state index is -0.302. The quantitative estimate of drug-likeness (QED) is 0.714. The Balaban J connectivity index is 1.67. The molecule has 0 bridgehead atoms. The highest BCUT2D eigenvalue weighted by molar-refractivity contribution is 5.95. The van der Waals surface area contributed by atoms with Crippen LogP contribution in [0.25, 0.3) is 0 Å². The zero-order chi connectivity index (χ0) is 22.7. The Labute approximate surface area is 190 Å². The van der Waals surface area contributed by atoms with Crippen molar-refractivity contribution in [2.24, 2.45) is 5.92 Å². The van der Waals surface area contributed by atoms with Gasteiger partial charge in [0.1, 0.15) is 11.5 Å². The summed E-state index contributed by atoms with van der Waals surface area (Å²) in [6, 6.07) is 13.3. The van der Waals surface area contributed by atoms with E-state index < -0.39 is 0 Å². The predicted molar refractivity (Wildman–Crippen MR) is 123 cm³/mol. The zero-order valence-electron chi connectivity index (χ0n) is 19.2. The SMILES string of the molecule is COc1ccc(OC)c(C2CN(C(=O)c3ccc(C)cc3)CC2C(=O)N2CCCCC2)c1. The summed E-state index contributed by atoms with van der Waals surface area (Å²) in [6.45, 7) is 4.47. The Morgan fingerprint density at radius 1 is 0.875 bits per heavy atom. The first-order valence-electron chi connectivity index (χ1n) is 11.4. The number of carbonyl (C=O) groups is 2. The summed E-state index contributed by atoms with van der Waals surface area (Å²) < 4.78 is 11.1. The molecule has 2 aliphatic heterocycles. The molecule has 6 heteroatoms. The van der Waals surface area contributed by atoms with Crippen LogP contribution in [0.5, 0.6) is 11.5 Å². The van der Waals surface area contributed by atoms with Crippen LogP contribution in [-0.2, 0) is 4.79 Å². The molecule has 4 rings (SSSR count). The Hall–Kier alpha value is -3.02. The van der Waals surface area contributed by atoms with Crippen LogP contribution in [0.2, 0.25) is 0 Å². The first-order chi connectivity index (χ1) is 15.5. The zero-order valence-corrected chi connectivity index (χ0v) is 19.2. The summed E-state index contributed by atoms with van der Waals surface area (Å²) in [5.41, 5.74) is 2.68. The number of amides is 2. The normalized spacial score (nSPS) is 20.8. The first kappa shape index (κ1) is 22.2. The number of aryl methyl sites for hydroxylation is 1. The molecule has 2 unspecified atom stereocenters. The van der Waals surface area contributed by atoms with E-state index in [0.29, 0.717) is 24.4 Å².